The molecule has 0 aromatic carbocycles. The molecular formula is C15H31NO2S. The summed E-state index contributed by atoms with van der Waals surface area (Å²) in [5.41, 5.74) is 0. The van der Waals surface area contributed by atoms with Gasteiger partial charge < -0.3 is 5.32 Å². The minimum absolute atomic E-state index is 0.393. The minimum atomic E-state index is -2.72. The second-order valence-electron chi connectivity index (χ2n) is 5.96. The lowest BCUT2D eigenvalue weighted by Gasteiger charge is -2.20. The molecule has 0 saturated carbocycles. The number of unbranched alkanes of at least 4 members (excludes halogenated alkanes) is 4. The third-order valence-corrected chi connectivity index (χ3v) is 5.93. The summed E-state index contributed by atoms with van der Waals surface area (Å²) >= 11 is 0. The number of rotatable bonds is 10. The van der Waals surface area contributed by atoms with Gasteiger partial charge in [-0.3, -0.25) is 0 Å². The topological polar surface area (TPSA) is 46.2 Å². The van der Waals surface area contributed by atoms with Crippen molar-refractivity contribution < 1.29 is 8.42 Å². The molecule has 2 unspecified atom stereocenters. The van der Waals surface area contributed by atoms with Crippen molar-refractivity contribution in [1.29, 1.82) is 0 Å². The van der Waals surface area contributed by atoms with Gasteiger partial charge in [0, 0.05) is 6.04 Å². The van der Waals surface area contributed by atoms with Crippen LogP contribution >= 0.6 is 0 Å². The molecule has 0 amide bonds. The van der Waals surface area contributed by atoms with E-state index in [9.17, 15) is 8.42 Å². The van der Waals surface area contributed by atoms with Crippen LogP contribution in [0.4, 0.5) is 0 Å². The Morgan fingerprint density at radius 2 is 1.89 bits per heavy atom. The number of sulfone groups is 1. The lowest BCUT2D eigenvalue weighted by Crippen LogP contribution is -2.31. The van der Waals surface area contributed by atoms with Gasteiger partial charge in [0.25, 0.3) is 0 Å². The Kier molecular flexibility index (Phi) is 8.00. The predicted octanol–water partition coefficient (Wildman–Crippen LogP) is 3.15. The van der Waals surface area contributed by atoms with Gasteiger partial charge in [0.05, 0.1) is 11.5 Å². The van der Waals surface area contributed by atoms with Crippen LogP contribution < -0.4 is 5.32 Å². The molecule has 3 nitrogen and oxygen atoms in total. The van der Waals surface area contributed by atoms with E-state index in [0.29, 0.717) is 23.5 Å². The van der Waals surface area contributed by atoms with E-state index in [1.807, 2.05) is 0 Å². The summed E-state index contributed by atoms with van der Waals surface area (Å²) in [7, 11) is -2.72. The van der Waals surface area contributed by atoms with E-state index >= 15 is 0 Å². The van der Waals surface area contributed by atoms with Crippen molar-refractivity contribution in [2.45, 2.75) is 71.3 Å². The average molecular weight is 289 g/mol. The Bertz CT molecular complexity index is 327. The minimum Gasteiger partial charge on any atom is -0.314 e. The zero-order chi connectivity index (χ0) is 14.1. The molecule has 1 heterocycles. The van der Waals surface area contributed by atoms with Gasteiger partial charge in [-0.1, -0.05) is 46.0 Å². The molecule has 114 valence electrons. The van der Waals surface area contributed by atoms with Crippen molar-refractivity contribution in [3.05, 3.63) is 0 Å². The third-order valence-electron chi connectivity index (χ3n) is 4.09. The van der Waals surface area contributed by atoms with Gasteiger partial charge in [0.15, 0.2) is 9.84 Å². The van der Waals surface area contributed by atoms with Crippen LogP contribution in [-0.2, 0) is 9.84 Å². The summed E-state index contributed by atoms with van der Waals surface area (Å²) in [6.07, 6.45) is 9.68. The van der Waals surface area contributed by atoms with Crippen LogP contribution in [0.2, 0.25) is 0 Å². The number of nitrogens with one attached hydrogen (secondary N) is 1. The first-order chi connectivity index (χ1) is 9.07. The van der Waals surface area contributed by atoms with E-state index in [-0.39, 0.29) is 0 Å². The lowest BCUT2D eigenvalue weighted by atomic mass is 9.95. The molecule has 0 aliphatic carbocycles. The summed E-state index contributed by atoms with van der Waals surface area (Å²) in [6, 6.07) is 0.518. The van der Waals surface area contributed by atoms with Crippen LogP contribution in [0.15, 0.2) is 0 Å². The van der Waals surface area contributed by atoms with Crippen molar-refractivity contribution in [2.75, 3.05) is 18.1 Å². The molecule has 0 spiro atoms. The third kappa shape index (κ3) is 7.31. The van der Waals surface area contributed by atoms with Crippen molar-refractivity contribution in [3.63, 3.8) is 0 Å². The molecule has 1 saturated heterocycles. The largest absolute Gasteiger partial charge is 0.314 e. The highest BCUT2D eigenvalue weighted by Crippen LogP contribution is 2.24. The van der Waals surface area contributed by atoms with Crippen molar-refractivity contribution in [1.82, 2.24) is 5.32 Å². The monoisotopic (exact) mass is 289 g/mol. The fourth-order valence-electron chi connectivity index (χ4n) is 3.05. The molecule has 0 aromatic rings. The van der Waals surface area contributed by atoms with Crippen molar-refractivity contribution >= 4 is 9.84 Å². The maximum absolute atomic E-state index is 11.5. The van der Waals surface area contributed by atoms with Gasteiger partial charge in [-0.05, 0) is 31.7 Å². The summed E-state index contributed by atoms with van der Waals surface area (Å²) in [5, 5.41) is 3.53. The Morgan fingerprint density at radius 1 is 1.16 bits per heavy atom. The highest BCUT2D eigenvalue weighted by atomic mass is 32.2. The molecule has 4 heteroatoms. The first-order valence-electron chi connectivity index (χ1n) is 8.01. The van der Waals surface area contributed by atoms with Crippen LogP contribution in [0.3, 0.4) is 0 Å². The first kappa shape index (κ1) is 17.0. The number of hydrogen-bond acceptors (Lipinski definition) is 3. The van der Waals surface area contributed by atoms with E-state index < -0.39 is 9.84 Å². The van der Waals surface area contributed by atoms with Crippen LogP contribution in [0.1, 0.15) is 65.2 Å². The van der Waals surface area contributed by atoms with Crippen LogP contribution in [0, 0.1) is 5.92 Å². The van der Waals surface area contributed by atoms with Gasteiger partial charge in [-0.15, -0.1) is 0 Å². The fourth-order valence-corrected chi connectivity index (χ4v) is 4.93. The highest BCUT2D eigenvalue weighted by Gasteiger charge is 2.29. The summed E-state index contributed by atoms with van der Waals surface area (Å²) in [5.74, 6) is 1.22. The SMILES string of the molecule is CCCCCCCC(CC1CCS(=O)(=O)C1)NCC. The van der Waals surface area contributed by atoms with Crippen molar-refractivity contribution in [3.8, 4) is 0 Å². The predicted molar refractivity (Wildman–Crippen MR) is 82.2 cm³/mol. The van der Waals surface area contributed by atoms with Crippen LogP contribution in [0.5, 0.6) is 0 Å². The quantitative estimate of drug-likeness (QED) is 0.628. The molecule has 1 rings (SSSR count). The van der Waals surface area contributed by atoms with Gasteiger partial charge in [0.2, 0.25) is 0 Å². The smallest absolute Gasteiger partial charge is 0.150 e. The average Bonchev–Trinajstić information content (AvgIpc) is 2.68. The maximum Gasteiger partial charge on any atom is 0.150 e. The molecule has 1 N–H and O–H groups in total. The molecule has 1 fully saturated rings. The molecule has 2 atom stereocenters. The van der Waals surface area contributed by atoms with Gasteiger partial charge >= 0.3 is 0 Å². The Labute approximate surface area is 119 Å². The van der Waals surface area contributed by atoms with Crippen molar-refractivity contribution in [2.24, 2.45) is 5.92 Å². The zero-order valence-electron chi connectivity index (χ0n) is 12.7. The van der Waals surface area contributed by atoms with Gasteiger partial charge in [0.1, 0.15) is 0 Å². The zero-order valence-corrected chi connectivity index (χ0v) is 13.5. The van der Waals surface area contributed by atoms with Gasteiger partial charge in [-0.25, -0.2) is 8.42 Å². The normalized spacial score (nSPS) is 23.6. The summed E-state index contributed by atoms with van der Waals surface area (Å²) < 4.78 is 23.0. The molecule has 1 aliphatic rings. The standard InChI is InChI=1S/C15H31NO2S/c1-3-5-6-7-8-9-15(16-4-2)12-14-10-11-19(17,18)13-14/h14-16H,3-13H2,1-2H3. The van der Waals surface area contributed by atoms with E-state index in [4.69, 9.17) is 0 Å². The molecule has 0 aromatic heterocycles. The van der Waals surface area contributed by atoms with Crippen LogP contribution in [-0.4, -0.2) is 32.5 Å². The maximum atomic E-state index is 11.5. The summed E-state index contributed by atoms with van der Waals surface area (Å²) in [4.78, 5) is 0. The molecule has 0 radical (unpaired) electrons. The fraction of sp³-hybridized carbons (Fsp3) is 1.00. The highest BCUT2D eigenvalue weighted by molar-refractivity contribution is 7.91. The second-order valence-corrected chi connectivity index (χ2v) is 8.19. The molecule has 19 heavy (non-hydrogen) atoms. The Morgan fingerprint density at radius 3 is 2.47 bits per heavy atom. The second kappa shape index (κ2) is 8.96. The van der Waals surface area contributed by atoms with E-state index in [1.165, 1.54) is 38.5 Å². The number of hydrogen-bond donors (Lipinski definition) is 1. The Balaban J connectivity index is 2.24. The lowest BCUT2D eigenvalue weighted by molar-refractivity contribution is 0.380. The summed E-state index contributed by atoms with van der Waals surface area (Å²) in [6.45, 7) is 5.36. The van der Waals surface area contributed by atoms with Crippen LogP contribution in [0.25, 0.3) is 0 Å². The van der Waals surface area contributed by atoms with E-state index in [2.05, 4.69) is 19.2 Å². The molecule has 0 bridgehead atoms. The van der Waals surface area contributed by atoms with E-state index in [0.717, 1.165) is 19.4 Å². The Hall–Kier alpha value is -0.0900. The van der Waals surface area contributed by atoms with E-state index in [1.54, 1.807) is 0 Å². The molecule has 1 aliphatic heterocycles. The first-order valence-corrected chi connectivity index (χ1v) is 9.83. The van der Waals surface area contributed by atoms with Gasteiger partial charge in [-0.2, -0.15) is 0 Å². The molecular weight excluding hydrogens is 258 g/mol.